The summed E-state index contributed by atoms with van der Waals surface area (Å²) in [6, 6.07) is 10.5. The van der Waals surface area contributed by atoms with Gasteiger partial charge in [0.15, 0.2) is 0 Å². The van der Waals surface area contributed by atoms with Crippen molar-refractivity contribution in [2.45, 2.75) is 36.3 Å². The molecule has 79 valence electrons. The molecule has 0 atom stereocenters. The molecule has 1 rings (SSSR count). The van der Waals surface area contributed by atoms with E-state index in [-0.39, 0.29) is 0 Å². The SMILES string of the molecule is C[CH](C)[Mo](=[NH])([c]1ccccc1)[CH](C)C. The van der Waals surface area contributed by atoms with Gasteiger partial charge in [0.1, 0.15) is 0 Å². The van der Waals surface area contributed by atoms with E-state index in [0.29, 0.717) is 8.62 Å². The number of rotatable bonds is 3. The van der Waals surface area contributed by atoms with E-state index in [0.717, 1.165) is 0 Å². The van der Waals surface area contributed by atoms with Crippen molar-refractivity contribution in [3.05, 3.63) is 30.3 Å². The molecule has 0 unspecified atom stereocenters. The van der Waals surface area contributed by atoms with Gasteiger partial charge in [-0.15, -0.1) is 0 Å². The molecule has 1 nitrogen and oxygen atoms in total. The Morgan fingerprint density at radius 1 is 0.929 bits per heavy atom. The van der Waals surface area contributed by atoms with Gasteiger partial charge in [0.2, 0.25) is 0 Å². The number of benzene rings is 1. The fourth-order valence-corrected chi connectivity index (χ4v) is 8.58. The Balaban J connectivity index is 3.21. The topological polar surface area (TPSA) is 23.9 Å². The zero-order valence-electron chi connectivity index (χ0n) is 9.45. The normalized spacial score (nSPS) is 12.4. The van der Waals surface area contributed by atoms with E-state index >= 15 is 0 Å². The second-order valence-corrected chi connectivity index (χ2v) is 13.4. The first-order valence-electron chi connectivity index (χ1n) is 5.10. The summed E-state index contributed by atoms with van der Waals surface area (Å²) in [5.74, 6) is 0. The van der Waals surface area contributed by atoms with E-state index in [1.807, 2.05) is 6.07 Å². The molecule has 0 saturated carbocycles. The Morgan fingerprint density at radius 2 is 1.36 bits per heavy atom. The van der Waals surface area contributed by atoms with Crippen LogP contribution in [0.2, 0.25) is 8.62 Å². The summed E-state index contributed by atoms with van der Waals surface area (Å²) < 4.78 is 11.1. The van der Waals surface area contributed by atoms with Crippen molar-refractivity contribution in [2.75, 3.05) is 0 Å². The number of nitrogens with one attached hydrogen (secondary N) is 1. The van der Waals surface area contributed by atoms with Gasteiger partial charge in [-0.1, -0.05) is 0 Å². The van der Waals surface area contributed by atoms with Crippen LogP contribution in [0.5, 0.6) is 0 Å². The van der Waals surface area contributed by atoms with Crippen LogP contribution in [-0.2, 0) is 15.9 Å². The van der Waals surface area contributed by atoms with Gasteiger partial charge in [0, 0.05) is 0 Å². The van der Waals surface area contributed by atoms with Gasteiger partial charge in [-0.2, -0.15) is 0 Å². The van der Waals surface area contributed by atoms with E-state index in [9.17, 15) is 0 Å². The minimum absolute atomic E-state index is 0.528. The van der Waals surface area contributed by atoms with Crippen molar-refractivity contribution < 1.29 is 15.9 Å². The van der Waals surface area contributed by atoms with Gasteiger partial charge in [-0.25, -0.2) is 0 Å². The molecule has 0 aliphatic rings. The van der Waals surface area contributed by atoms with Crippen molar-refractivity contribution in [1.29, 1.82) is 3.91 Å². The summed E-state index contributed by atoms with van der Waals surface area (Å²) >= 11 is -2.61. The Bertz CT molecular complexity index is 315. The average Bonchev–Trinajstić information content (AvgIpc) is 2.17. The van der Waals surface area contributed by atoms with Crippen LogP contribution in [0.3, 0.4) is 0 Å². The van der Waals surface area contributed by atoms with E-state index in [2.05, 4.69) is 52.0 Å². The molecule has 0 amide bonds. The van der Waals surface area contributed by atoms with Crippen LogP contribution in [0, 0.1) is 3.91 Å². The molecule has 14 heavy (non-hydrogen) atoms. The molecule has 0 radical (unpaired) electrons. The van der Waals surface area contributed by atoms with Crippen LogP contribution in [0.25, 0.3) is 0 Å². The minimum atomic E-state index is -2.61. The summed E-state index contributed by atoms with van der Waals surface area (Å²) in [5.41, 5.74) is 0. The predicted molar refractivity (Wildman–Crippen MR) is 59.0 cm³/mol. The number of hydrogen-bond donors (Lipinski definition) is 1. The van der Waals surface area contributed by atoms with Crippen molar-refractivity contribution in [3.63, 3.8) is 0 Å². The van der Waals surface area contributed by atoms with E-state index in [4.69, 9.17) is 3.91 Å². The fourth-order valence-electron chi connectivity index (χ4n) is 1.73. The molecule has 1 aromatic rings. The van der Waals surface area contributed by atoms with Crippen molar-refractivity contribution in [3.8, 4) is 0 Å². The quantitative estimate of drug-likeness (QED) is 0.809. The van der Waals surface area contributed by atoms with Crippen molar-refractivity contribution in [1.82, 2.24) is 0 Å². The van der Waals surface area contributed by atoms with Gasteiger partial charge in [0.05, 0.1) is 0 Å². The van der Waals surface area contributed by atoms with Gasteiger partial charge in [0.25, 0.3) is 0 Å². The van der Waals surface area contributed by atoms with Gasteiger partial charge in [-0.3, -0.25) is 0 Å². The maximum absolute atomic E-state index is 8.76. The zero-order chi connectivity index (χ0) is 10.8. The summed E-state index contributed by atoms with van der Waals surface area (Å²) in [7, 11) is 0. The zero-order valence-corrected chi connectivity index (χ0v) is 11.5. The maximum atomic E-state index is 8.76. The van der Waals surface area contributed by atoms with E-state index in [1.54, 1.807) is 0 Å². The summed E-state index contributed by atoms with van der Waals surface area (Å²) in [6.07, 6.45) is 0. The summed E-state index contributed by atoms with van der Waals surface area (Å²) in [4.78, 5) is 0. The molecular formula is C12H20MoN. The first-order valence-corrected chi connectivity index (χ1v) is 9.42. The summed E-state index contributed by atoms with van der Waals surface area (Å²) in [6.45, 7) is 8.84. The van der Waals surface area contributed by atoms with Crippen LogP contribution in [-0.4, -0.2) is 0 Å². The Labute approximate surface area is 90.4 Å². The second-order valence-electron chi connectivity index (χ2n) is 4.12. The third-order valence-corrected chi connectivity index (χ3v) is 12.5. The monoisotopic (exact) mass is 276 g/mol. The molecule has 1 N–H and O–H groups in total. The standard InChI is InChI=1S/C6H5.2C3H7.Mo.HN/c1-2-4-6-5-3-1;2*1-3-2;;/h1-5H;2*3H,1-2H3;;1H. The van der Waals surface area contributed by atoms with Crippen LogP contribution in [0.4, 0.5) is 0 Å². The first-order chi connectivity index (χ1) is 6.49. The van der Waals surface area contributed by atoms with E-state index in [1.165, 1.54) is 3.95 Å². The predicted octanol–water partition coefficient (Wildman–Crippen LogP) is 3.88. The Kier molecular flexibility index (Phi) is 3.77. The van der Waals surface area contributed by atoms with Crippen LogP contribution >= 0.6 is 0 Å². The molecule has 0 heterocycles. The van der Waals surface area contributed by atoms with Gasteiger partial charge in [-0.05, 0) is 0 Å². The van der Waals surface area contributed by atoms with Gasteiger partial charge >= 0.3 is 90.4 Å². The Hall–Kier alpha value is -0.292. The first kappa shape index (κ1) is 11.8. The molecule has 2 heteroatoms. The van der Waals surface area contributed by atoms with Crippen LogP contribution in [0.15, 0.2) is 30.3 Å². The Morgan fingerprint density at radius 3 is 1.71 bits per heavy atom. The molecule has 0 bridgehead atoms. The number of hydrogen-bond acceptors (Lipinski definition) is 1. The fraction of sp³-hybridized carbons (Fsp3) is 0.500. The molecule has 1 aromatic carbocycles. The second kappa shape index (κ2) is 4.49. The van der Waals surface area contributed by atoms with Crippen molar-refractivity contribution >= 4 is 3.95 Å². The molecule has 0 fully saturated rings. The van der Waals surface area contributed by atoms with Crippen LogP contribution < -0.4 is 3.95 Å². The third kappa shape index (κ3) is 2.03. The molecule has 0 saturated heterocycles. The molecule has 0 aliphatic heterocycles. The van der Waals surface area contributed by atoms with Crippen LogP contribution in [0.1, 0.15) is 27.7 Å². The molecule has 0 aliphatic carbocycles. The third-order valence-electron chi connectivity index (χ3n) is 2.62. The summed E-state index contributed by atoms with van der Waals surface area (Å²) in [5, 5.41) is 0. The molecule has 0 spiro atoms. The van der Waals surface area contributed by atoms with Gasteiger partial charge < -0.3 is 0 Å². The molecular weight excluding hydrogens is 254 g/mol. The van der Waals surface area contributed by atoms with E-state index < -0.39 is 15.9 Å². The average molecular weight is 274 g/mol. The van der Waals surface area contributed by atoms with Crippen molar-refractivity contribution in [2.24, 2.45) is 0 Å². The molecule has 0 aromatic heterocycles.